The highest BCUT2D eigenvalue weighted by atomic mass is 32.2. The Labute approximate surface area is 212 Å². The van der Waals surface area contributed by atoms with E-state index in [9.17, 15) is 17.2 Å². The van der Waals surface area contributed by atoms with Crippen LogP contribution in [0.4, 0.5) is 0 Å². The first-order valence-corrected chi connectivity index (χ1v) is 14.1. The lowest BCUT2D eigenvalue weighted by atomic mass is 10.1. The van der Waals surface area contributed by atoms with Crippen molar-refractivity contribution < 1.29 is 21.6 Å². The molecule has 0 bridgehead atoms. The highest BCUT2D eigenvalue weighted by Gasteiger charge is 2.37. The van der Waals surface area contributed by atoms with E-state index in [1.165, 1.54) is 17.7 Å². The third-order valence-electron chi connectivity index (χ3n) is 5.14. The van der Waals surface area contributed by atoms with Gasteiger partial charge in [0, 0.05) is 29.2 Å². The summed E-state index contributed by atoms with van der Waals surface area (Å²) in [5, 5.41) is 6.66. The number of fused-ring (bicyclic) bond motifs is 1. The Morgan fingerprint density at radius 2 is 1.83 bits per heavy atom. The number of sulfone groups is 1. The van der Waals surface area contributed by atoms with E-state index < -0.39 is 26.4 Å². The summed E-state index contributed by atoms with van der Waals surface area (Å²) in [6.07, 6.45) is 4.82. The molecule has 3 heterocycles. The van der Waals surface area contributed by atoms with Crippen LogP contribution in [0.15, 0.2) is 71.7 Å². The number of rotatable bonds is 9. The number of aromatic nitrogens is 5. The summed E-state index contributed by atoms with van der Waals surface area (Å²) in [4.78, 5) is 12.7. The van der Waals surface area contributed by atoms with E-state index in [-0.39, 0.29) is 29.1 Å². The lowest BCUT2D eigenvalue weighted by molar-refractivity contribution is 0.440. The predicted octanol–water partition coefficient (Wildman–Crippen LogP) is 2.72. The van der Waals surface area contributed by atoms with Gasteiger partial charge in [0.25, 0.3) is 0 Å². The van der Waals surface area contributed by atoms with Gasteiger partial charge >= 0.3 is 0 Å². The molecule has 0 saturated carbocycles. The minimum absolute atomic E-state index is 0.0680. The molecule has 0 aliphatic carbocycles. The van der Waals surface area contributed by atoms with Crippen LogP contribution < -0.4 is 4.72 Å². The van der Waals surface area contributed by atoms with Gasteiger partial charge in [0.05, 0.1) is 22.5 Å². The molecule has 2 unspecified atom stereocenters. The molecule has 0 radical (unpaired) electrons. The first-order valence-electron chi connectivity index (χ1n) is 10.5. The van der Waals surface area contributed by atoms with Crippen molar-refractivity contribution in [2.45, 2.75) is 17.5 Å². The number of hydrogen-bond donors (Lipinski definition) is 1. The van der Waals surface area contributed by atoms with E-state index in [2.05, 4.69) is 29.9 Å². The smallest absolute Gasteiger partial charge is 0.241 e. The van der Waals surface area contributed by atoms with Crippen molar-refractivity contribution in [1.29, 1.82) is 0 Å². The predicted molar refractivity (Wildman–Crippen MR) is 132 cm³/mol. The summed E-state index contributed by atoms with van der Waals surface area (Å²) in [6.45, 7) is -0.267. The van der Waals surface area contributed by atoms with Crippen LogP contribution in [0.3, 0.4) is 0 Å². The molecule has 36 heavy (non-hydrogen) atoms. The van der Waals surface area contributed by atoms with Crippen LogP contribution in [-0.4, -0.2) is 42.3 Å². The third kappa shape index (κ3) is 5.37. The zero-order valence-corrected chi connectivity index (χ0v) is 20.8. The van der Waals surface area contributed by atoms with Gasteiger partial charge in [0.1, 0.15) is 11.3 Å². The van der Waals surface area contributed by atoms with Gasteiger partial charge in [0.15, 0.2) is 15.1 Å². The fourth-order valence-electron chi connectivity index (χ4n) is 3.55. The van der Waals surface area contributed by atoms with Crippen LogP contribution in [0.1, 0.15) is 27.6 Å². The molecule has 0 amide bonds. The van der Waals surface area contributed by atoms with E-state index in [0.717, 1.165) is 15.8 Å². The lowest BCUT2D eigenvalue weighted by Crippen LogP contribution is -2.17. The fraction of sp³-hybridized carbons (Fsp3) is 0.136. The normalized spacial score (nSPS) is 13.6. The quantitative estimate of drug-likeness (QED) is 0.274. The van der Waals surface area contributed by atoms with Crippen LogP contribution in [-0.2, 0) is 33.4 Å². The molecule has 2 aromatic carbocycles. The molecule has 0 aliphatic rings. The summed E-state index contributed by atoms with van der Waals surface area (Å²) < 4.78 is 57.4. The van der Waals surface area contributed by atoms with Crippen LogP contribution in [0.25, 0.3) is 21.3 Å². The van der Waals surface area contributed by atoms with Crippen molar-refractivity contribution in [3.8, 4) is 11.1 Å². The van der Waals surface area contributed by atoms with Crippen LogP contribution >= 0.6 is 11.3 Å². The zero-order chi connectivity index (χ0) is 25.1. The topological polar surface area (TPSA) is 164 Å². The van der Waals surface area contributed by atoms with Crippen molar-refractivity contribution in [3.63, 3.8) is 0 Å². The van der Waals surface area contributed by atoms with Gasteiger partial charge in [-0.1, -0.05) is 36.4 Å². The number of nitrogens with zero attached hydrogens (tertiary/aromatic N) is 5. The number of thiazole rings is 1. The van der Waals surface area contributed by atoms with Gasteiger partial charge < -0.3 is 8.97 Å². The minimum atomic E-state index is -3.92. The van der Waals surface area contributed by atoms with Gasteiger partial charge in [0.2, 0.25) is 11.8 Å². The van der Waals surface area contributed by atoms with E-state index in [4.69, 9.17) is 4.42 Å². The van der Waals surface area contributed by atoms with E-state index >= 15 is 0 Å². The Morgan fingerprint density at radius 3 is 2.58 bits per heavy atom. The van der Waals surface area contributed by atoms with Gasteiger partial charge in [-0.2, -0.15) is 0 Å². The highest BCUT2D eigenvalue weighted by Crippen LogP contribution is 2.38. The van der Waals surface area contributed by atoms with Gasteiger partial charge in [-0.3, -0.25) is 4.21 Å². The van der Waals surface area contributed by atoms with Gasteiger partial charge in [-0.05, 0) is 23.3 Å². The Kier molecular flexibility index (Phi) is 6.93. The van der Waals surface area contributed by atoms with Crippen LogP contribution in [0.5, 0.6) is 0 Å². The van der Waals surface area contributed by atoms with Crippen molar-refractivity contribution in [2.75, 3.05) is 0 Å². The molecule has 0 saturated heterocycles. The molecule has 14 heteroatoms. The molecule has 1 N–H and O–H groups in total. The number of benzene rings is 2. The Bertz CT molecular complexity index is 1620. The average Bonchev–Trinajstić information content (AvgIpc) is 3.50. The zero-order valence-electron chi connectivity index (χ0n) is 18.3. The number of nitrogens with one attached hydrogen (secondary N) is 1. The summed E-state index contributed by atoms with van der Waals surface area (Å²) in [6, 6.07) is 14.3. The Balaban J connectivity index is 1.56. The first kappa shape index (κ1) is 24.3. The Morgan fingerprint density at radius 1 is 1.06 bits per heavy atom. The Hall–Kier alpha value is -3.43. The molecular formula is C22H17N6O5S3-. The monoisotopic (exact) mass is 541 g/mol. The maximum Gasteiger partial charge on any atom is 0.241 e. The van der Waals surface area contributed by atoms with Crippen LogP contribution in [0.2, 0.25) is 0 Å². The summed E-state index contributed by atoms with van der Waals surface area (Å²) >= 11 is -1.34. The third-order valence-corrected chi connectivity index (χ3v) is 8.63. The summed E-state index contributed by atoms with van der Waals surface area (Å²) in [5.41, 5.74) is 2.88. The number of hydrogen-bond acceptors (Lipinski definition) is 11. The average molecular weight is 542 g/mol. The van der Waals surface area contributed by atoms with Gasteiger partial charge in [-0.25, -0.2) is 28.1 Å². The van der Waals surface area contributed by atoms with E-state index in [0.29, 0.717) is 11.1 Å². The molecule has 0 spiro atoms. The fourth-order valence-corrected chi connectivity index (χ4v) is 6.94. The largest absolute Gasteiger partial charge is 0.760 e. The summed E-state index contributed by atoms with van der Waals surface area (Å²) in [5.74, 6) is -0.529. The molecule has 3 aromatic heterocycles. The van der Waals surface area contributed by atoms with Gasteiger partial charge in [-0.15, -0.1) is 21.5 Å². The maximum absolute atomic E-state index is 13.6. The SMILES string of the molecule is O=S([O-])NCc1nnc(C(c2nc3ccc(-c4cncnc4)cc3s2)S(=O)(=O)Cc2ccccc2)o1. The van der Waals surface area contributed by atoms with Crippen molar-refractivity contribution >= 4 is 42.7 Å². The standard InChI is InChI=1S/C22H18N6O5S3/c29-35(30)25-11-19-27-28-21(33-19)20(36(31,32)12-14-4-2-1-3-5-14)22-26-17-7-6-15(8-18(17)34-22)16-9-23-13-24-10-16/h1-10,13,20,25H,11-12H2,(H,29,30)/p-1. The second-order valence-corrected chi connectivity index (χ2v) is 11.5. The van der Waals surface area contributed by atoms with E-state index in [1.807, 2.05) is 12.1 Å². The second-order valence-electron chi connectivity index (χ2n) is 7.62. The van der Waals surface area contributed by atoms with Crippen molar-refractivity contribution in [3.05, 3.63) is 89.6 Å². The second kappa shape index (κ2) is 10.3. The molecule has 2 atom stereocenters. The molecular weight excluding hydrogens is 524 g/mol. The summed E-state index contributed by atoms with van der Waals surface area (Å²) in [7, 11) is -3.92. The first-order chi connectivity index (χ1) is 17.4. The molecule has 0 fully saturated rings. The highest BCUT2D eigenvalue weighted by molar-refractivity contribution is 7.91. The van der Waals surface area contributed by atoms with E-state index in [1.54, 1.807) is 48.8 Å². The maximum atomic E-state index is 13.6. The molecule has 11 nitrogen and oxygen atoms in total. The molecule has 5 aromatic rings. The molecule has 0 aliphatic heterocycles. The van der Waals surface area contributed by atoms with Crippen molar-refractivity contribution in [1.82, 2.24) is 29.9 Å². The van der Waals surface area contributed by atoms with Crippen molar-refractivity contribution in [2.24, 2.45) is 0 Å². The molecule has 5 rings (SSSR count). The lowest BCUT2D eigenvalue weighted by Gasteiger charge is -2.12. The minimum Gasteiger partial charge on any atom is -0.760 e. The molecule has 184 valence electrons. The van der Waals surface area contributed by atoms with Crippen LogP contribution in [0, 0.1) is 0 Å².